The van der Waals surface area contributed by atoms with Gasteiger partial charge in [0.2, 0.25) is 9.05 Å². The van der Waals surface area contributed by atoms with Gasteiger partial charge in [-0.3, -0.25) is 4.57 Å². The van der Waals surface area contributed by atoms with Crippen molar-refractivity contribution in [1.29, 1.82) is 0 Å². The van der Waals surface area contributed by atoms with Crippen LogP contribution in [0.2, 0.25) is 0 Å². The van der Waals surface area contributed by atoms with Crippen LogP contribution in [-0.4, -0.2) is 18.0 Å². The van der Waals surface area contributed by atoms with Crippen LogP contribution in [0.15, 0.2) is 35.3 Å². The average Bonchev–Trinajstić information content (AvgIpc) is 2.56. The lowest BCUT2D eigenvalue weighted by Gasteiger charge is -2.06. The van der Waals surface area contributed by atoms with Gasteiger partial charge < -0.3 is 4.98 Å². The Morgan fingerprint density at radius 2 is 2.11 bits per heavy atom. The maximum atomic E-state index is 11.6. The van der Waals surface area contributed by atoms with Gasteiger partial charge in [-0.25, -0.2) is 13.2 Å². The average molecular weight is 287 g/mol. The second-order valence-electron chi connectivity index (χ2n) is 3.92. The Hall–Kier alpha value is -1.53. The largest absolute Gasteiger partial charge is 0.330 e. The number of aromatic amines is 1. The minimum absolute atomic E-state index is 0.263. The van der Waals surface area contributed by atoms with E-state index in [1.807, 2.05) is 0 Å². The highest BCUT2D eigenvalue weighted by atomic mass is 35.7. The summed E-state index contributed by atoms with van der Waals surface area (Å²) < 4.78 is 23.5. The summed E-state index contributed by atoms with van der Waals surface area (Å²) in [5.41, 5.74) is 1.62. The molecule has 1 aromatic carbocycles. The molecule has 0 aliphatic carbocycles. The summed E-state index contributed by atoms with van der Waals surface area (Å²) in [5.74, 6) is -0.263. The van der Waals surface area contributed by atoms with Gasteiger partial charge in [0.05, 0.1) is 11.4 Å². The number of halogens is 1. The van der Waals surface area contributed by atoms with Crippen molar-refractivity contribution in [3.05, 3.63) is 52.2 Å². The van der Waals surface area contributed by atoms with Crippen LogP contribution < -0.4 is 5.69 Å². The first-order chi connectivity index (χ1) is 8.37. The Labute approximate surface area is 108 Å². The number of hydrogen-bond donors (Lipinski definition) is 1. The summed E-state index contributed by atoms with van der Waals surface area (Å²) >= 11 is 0. The van der Waals surface area contributed by atoms with Crippen molar-refractivity contribution in [1.82, 2.24) is 9.55 Å². The van der Waals surface area contributed by atoms with E-state index in [-0.39, 0.29) is 11.4 Å². The van der Waals surface area contributed by atoms with E-state index in [9.17, 15) is 13.2 Å². The number of imidazole rings is 1. The molecule has 1 aromatic heterocycles. The molecule has 0 saturated heterocycles. The van der Waals surface area contributed by atoms with Gasteiger partial charge in [0.25, 0.3) is 0 Å². The molecule has 0 fully saturated rings. The lowest BCUT2D eigenvalue weighted by atomic mass is 10.2. The molecule has 2 aromatic rings. The first-order valence-electron chi connectivity index (χ1n) is 5.15. The van der Waals surface area contributed by atoms with Gasteiger partial charge in [-0.1, -0.05) is 12.1 Å². The Bertz CT molecular complexity index is 731. The molecule has 7 heteroatoms. The highest BCUT2D eigenvalue weighted by Gasteiger charge is 2.09. The van der Waals surface area contributed by atoms with Crippen LogP contribution in [0.5, 0.6) is 0 Å². The quantitative estimate of drug-likeness (QED) is 0.870. The fraction of sp³-hybridized carbons (Fsp3) is 0.182. The number of aryl methyl sites for hydroxylation is 1. The van der Waals surface area contributed by atoms with Gasteiger partial charge in [0.15, 0.2) is 0 Å². The molecule has 0 atom stereocenters. The molecule has 96 valence electrons. The fourth-order valence-corrected chi connectivity index (χ4v) is 2.72. The number of H-pyrrole nitrogens is 1. The van der Waals surface area contributed by atoms with Crippen LogP contribution in [0, 0.1) is 6.92 Å². The maximum absolute atomic E-state index is 11.6. The second kappa shape index (κ2) is 4.62. The van der Waals surface area contributed by atoms with Crippen LogP contribution in [0.3, 0.4) is 0 Å². The molecule has 0 unspecified atom stereocenters. The Balaban J connectivity index is 2.48. The predicted octanol–water partition coefficient (Wildman–Crippen LogP) is 1.54. The van der Waals surface area contributed by atoms with Crippen molar-refractivity contribution in [3.63, 3.8) is 0 Å². The van der Waals surface area contributed by atoms with Crippen molar-refractivity contribution in [3.8, 4) is 5.69 Å². The molecule has 5 nitrogen and oxygen atoms in total. The van der Waals surface area contributed by atoms with Gasteiger partial charge >= 0.3 is 5.69 Å². The zero-order chi connectivity index (χ0) is 13.3. The van der Waals surface area contributed by atoms with Gasteiger partial charge in [0, 0.05) is 22.6 Å². The number of nitrogens with one attached hydrogen (secondary N) is 1. The summed E-state index contributed by atoms with van der Waals surface area (Å²) in [6.45, 7) is 1.78. The number of rotatable bonds is 3. The Morgan fingerprint density at radius 3 is 2.67 bits per heavy atom. The van der Waals surface area contributed by atoms with Crippen LogP contribution in [-0.2, 0) is 14.8 Å². The molecule has 0 spiro atoms. The third-order valence-electron chi connectivity index (χ3n) is 2.47. The third kappa shape index (κ3) is 2.83. The predicted molar refractivity (Wildman–Crippen MR) is 69.6 cm³/mol. The summed E-state index contributed by atoms with van der Waals surface area (Å²) in [7, 11) is 1.60. The highest BCUT2D eigenvalue weighted by Crippen LogP contribution is 2.14. The first kappa shape index (κ1) is 12.9. The van der Waals surface area contributed by atoms with Crippen LogP contribution >= 0.6 is 10.7 Å². The van der Waals surface area contributed by atoms with E-state index in [4.69, 9.17) is 10.7 Å². The molecule has 0 aliphatic rings. The van der Waals surface area contributed by atoms with Gasteiger partial charge in [0.1, 0.15) is 0 Å². The van der Waals surface area contributed by atoms with Gasteiger partial charge in [-0.05, 0) is 24.6 Å². The maximum Gasteiger partial charge on any atom is 0.330 e. The molecule has 18 heavy (non-hydrogen) atoms. The molecule has 0 aliphatic heterocycles. The van der Waals surface area contributed by atoms with E-state index >= 15 is 0 Å². The van der Waals surface area contributed by atoms with E-state index in [1.54, 1.807) is 37.4 Å². The molecule has 1 heterocycles. The lowest BCUT2D eigenvalue weighted by molar-refractivity contribution is 0.609. The fourth-order valence-electron chi connectivity index (χ4n) is 1.76. The van der Waals surface area contributed by atoms with E-state index in [0.717, 1.165) is 5.69 Å². The molecular formula is C11H11ClN2O3S. The van der Waals surface area contributed by atoms with E-state index in [0.29, 0.717) is 11.3 Å². The van der Waals surface area contributed by atoms with E-state index in [2.05, 4.69) is 4.98 Å². The standard InChI is InChI=1S/C11H11ClN2O3S/c1-8-6-13-11(15)14(8)10-4-2-3-9(5-10)7-18(12,16)17/h2-6H,7H2,1H3,(H,13,15). The van der Waals surface area contributed by atoms with Crippen molar-refractivity contribution < 1.29 is 8.42 Å². The Kier molecular flexibility index (Phi) is 3.32. The molecule has 0 amide bonds. The normalized spacial score (nSPS) is 11.7. The number of aromatic nitrogens is 2. The molecular weight excluding hydrogens is 276 g/mol. The smallest absolute Gasteiger partial charge is 0.312 e. The van der Waals surface area contributed by atoms with Crippen molar-refractivity contribution in [2.45, 2.75) is 12.7 Å². The minimum atomic E-state index is -3.61. The first-order valence-corrected chi connectivity index (χ1v) is 7.63. The molecule has 0 bridgehead atoms. The SMILES string of the molecule is Cc1c[nH]c(=O)n1-c1cccc(CS(=O)(=O)Cl)c1. The Morgan fingerprint density at radius 1 is 1.39 bits per heavy atom. The lowest BCUT2D eigenvalue weighted by Crippen LogP contribution is -2.16. The molecule has 1 N–H and O–H groups in total. The summed E-state index contributed by atoms with van der Waals surface area (Å²) in [6.07, 6.45) is 1.59. The van der Waals surface area contributed by atoms with Crippen LogP contribution in [0.4, 0.5) is 0 Å². The third-order valence-corrected chi connectivity index (χ3v) is 3.47. The van der Waals surface area contributed by atoms with Crippen molar-refractivity contribution in [2.75, 3.05) is 0 Å². The zero-order valence-electron chi connectivity index (χ0n) is 9.55. The highest BCUT2D eigenvalue weighted by molar-refractivity contribution is 8.13. The monoisotopic (exact) mass is 286 g/mol. The minimum Gasteiger partial charge on any atom is -0.312 e. The molecule has 0 radical (unpaired) electrons. The topological polar surface area (TPSA) is 71.9 Å². The van der Waals surface area contributed by atoms with Crippen LogP contribution in [0.1, 0.15) is 11.3 Å². The zero-order valence-corrected chi connectivity index (χ0v) is 11.1. The number of benzene rings is 1. The number of nitrogens with zero attached hydrogens (tertiary/aromatic N) is 1. The van der Waals surface area contributed by atoms with Gasteiger partial charge in [-0.15, -0.1) is 0 Å². The van der Waals surface area contributed by atoms with Crippen LogP contribution in [0.25, 0.3) is 5.69 Å². The van der Waals surface area contributed by atoms with Crippen molar-refractivity contribution >= 4 is 19.7 Å². The van der Waals surface area contributed by atoms with Gasteiger partial charge in [-0.2, -0.15) is 0 Å². The van der Waals surface area contributed by atoms with Crippen molar-refractivity contribution in [2.24, 2.45) is 0 Å². The summed E-state index contributed by atoms with van der Waals surface area (Å²) in [5, 5.41) is 0. The van der Waals surface area contributed by atoms with E-state index in [1.165, 1.54) is 4.57 Å². The second-order valence-corrected chi connectivity index (χ2v) is 6.70. The van der Waals surface area contributed by atoms with E-state index < -0.39 is 9.05 Å². The summed E-state index contributed by atoms with van der Waals surface area (Å²) in [4.78, 5) is 14.2. The molecule has 0 saturated carbocycles. The number of hydrogen-bond acceptors (Lipinski definition) is 3. The summed E-state index contributed by atoms with van der Waals surface area (Å²) in [6, 6.07) is 6.69. The molecule has 2 rings (SSSR count).